The second-order valence-electron chi connectivity index (χ2n) is 5.24. The molecule has 0 aliphatic rings. The SMILES string of the molecule is CNC(=O)Cn1ccc2ccc(NC(=O)CC(CN)OC)cc21.Cl. The van der Waals surface area contributed by atoms with Crippen LogP contribution in [-0.2, 0) is 20.9 Å². The molecule has 24 heavy (non-hydrogen) atoms. The molecule has 4 N–H and O–H groups in total. The number of benzene rings is 1. The number of nitrogens with one attached hydrogen (secondary N) is 2. The molecular formula is C16H23ClN4O3. The van der Waals surface area contributed by atoms with E-state index in [4.69, 9.17) is 10.5 Å². The maximum Gasteiger partial charge on any atom is 0.239 e. The number of hydrogen-bond donors (Lipinski definition) is 3. The van der Waals surface area contributed by atoms with E-state index < -0.39 is 0 Å². The fraction of sp³-hybridized carbons (Fsp3) is 0.375. The predicted octanol–water partition coefficient (Wildman–Crippen LogP) is 1.11. The second-order valence-corrected chi connectivity index (χ2v) is 5.24. The topological polar surface area (TPSA) is 98.4 Å². The number of carbonyl (C=O) groups excluding carboxylic acids is 2. The van der Waals surface area contributed by atoms with Gasteiger partial charge in [0.2, 0.25) is 11.8 Å². The molecular weight excluding hydrogens is 332 g/mol. The van der Waals surface area contributed by atoms with Gasteiger partial charge >= 0.3 is 0 Å². The van der Waals surface area contributed by atoms with Gasteiger partial charge in [0.25, 0.3) is 0 Å². The van der Waals surface area contributed by atoms with E-state index in [1.165, 1.54) is 7.11 Å². The van der Waals surface area contributed by atoms with Crippen molar-refractivity contribution in [2.75, 3.05) is 26.0 Å². The van der Waals surface area contributed by atoms with E-state index in [-0.39, 0.29) is 49.8 Å². The fourth-order valence-electron chi connectivity index (χ4n) is 2.32. The predicted molar refractivity (Wildman–Crippen MR) is 96.4 cm³/mol. The number of methoxy groups -OCH3 is 1. The summed E-state index contributed by atoms with van der Waals surface area (Å²) in [4.78, 5) is 23.6. The molecule has 1 atom stereocenters. The van der Waals surface area contributed by atoms with Crippen LogP contribution in [0.15, 0.2) is 30.5 Å². The normalized spacial score (nSPS) is 11.6. The van der Waals surface area contributed by atoms with E-state index in [0.29, 0.717) is 5.69 Å². The highest BCUT2D eigenvalue weighted by Gasteiger charge is 2.12. The number of hydrogen-bond acceptors (Lipinski definition) is 4. The number of halogens is 1. The number of likely N-dealkylation sites (N-methyl/N-ethyl adjacent to an activating group) is 1. The smallest absolute Gasteiger partial charge is 0.239 e. The lowest BCUT2D eigenvalue weighted by molar-refractivity contribution is -0.121. The molecule has 2 aromatic rings. The Morgan fingerprint density at radius 2 is 2.04 bits per heavy atom. The van der Waals surface area contributed by atoms with Gasteiger partial charge in [-0.2, -0.15) is 0 Å². The highest BCUT2D eigenvalue weighted by molar-refractivity contribution is 5.94. The number of nitrogens with two attached hydrogens (primary N) is 1. The molecule has 0 bridgehead atoms. The number of ether oxygens (including phenoxy) is 1. The van der Waals surface area contributed by atoms with E-state index >= 15 is 0 Å². The lowest BCUT2D eigenvalue weighted by Gasteiger charge is -2.13. The average Bonchev–Trinajstić information content (AvgIpc) is 2.94. The summed E-state index contributed by atoms with van der Waals surface area (Å²) in [6.45, 7) is 0.522. The van der Waals surface area contributed by atoms with Gasteiger partial charge in [-0.3, -0.25) is 9.59 Å². The molecule has 8 heteroatoms. The molecule has 7 nitrogen and oxygen atoms in total. The van der Waals surface area contributed by atoms with E-state index in [0.717, 1.165) is 10.9 Å². The largest absolute Gasteiger partial charge is 0.380 e. The Morgan fingerprint density at radius 1 is 1.29 bits per heavy atom. The van der Waals surface area contributed by atoms with Crippen LogP contribution in [0.1, 0.15) is 6.42 Å². The molecule has 0 saturated heterocycles. The first kappa shape index (κ1) is 20.0. The Kier molecular flexibility index (Phi) is 7.70. The quantitative estimate of drug-likeness (QED) is 0.693. The lowest BCUT2D eigenvalue weighted by Crippen LogP contribution is -2.28. The molecule has 0 aliphatic carbocycles. The lowest BCUT2D eigenvalue weighted by atomic mass is 10.2. The van der Waals surface area contributed by atoms with Crippen molar-refractivity contribution in [3.05, 3.63) is 30.5 Å². The third-order valence-electron chi connectivity index (χ3n) is 3.66. The first-order chi connectivity index (χ1) is 11.1. The van der Waals surface area contributed by atoms with E-state index in [1.807, 2.05) is 35.0 Å². The van der Waals surface area contributed by atoms with Crippen LogP contribution in [0.3, 0.4) is 0 Å². The molecule has 132 valence electrons. The van der Waals surface area contributed by atoms with Crippen LogP contribution >= 0.6 is 12.4 Å². The summed E-state index contributed by atoms with van der Waals surface area (Å²) in [5.74, 6) is -0.242. The minimum absolute atomic E-state index is 0. The van der Waals surface area contributed by atoms with Gasteiger partial charge in [0.05, 0.1) is 18.0 Å². The van der Waals surface area contributed by atoms with Crippen molar-refractivity contribution in [1.29, 1.82) is 0 Å². The Bertz CT molecular complexity index is 698. The molecule has 1 unspecified atom stereocenters. The summed E-state index contributed by atoms with van der Waals surface area (Å²) in [5.41, 5.74) is 7.07. The van der Waals surface area contributed by atoms with Gasteiger partial charge in [-0.05, 0) is 23.6 Å². The molecule has 0 spiro atoms. The van der Waals surface area contributed by atoms with Crippen molar-refractivity contribution in [3.8, 4) is 0 Å². The number of carbonyl (C=O) groups is 2. The minimum atomic E-state index is -0.296. The Morgan fingerprint density at radius 3 is 2.67 bits per heavy atom. The van der Waals surface area contributed by atoms with Crippen molar-refractivity contribution in [2.45, 2.75) is 19.1 Å². The zero-order valence-corrected chi connectivity index (χ0v) is 14.6. The third-order valence-corrected chi connectivity index (χ3v) is 3.66. The van der Waals surface area contributed by atoms with Gasteiger partial charge in [0.15, 0.2) is 0 Å². The van der Waals surface area contributed by atoms with Crippen LogP contribution in [0.4, 0.5) is 5.69 Å². The maximum atomic E-state index is 12.0. The zero-order chi connectivity index (χ0) is 16.8. The van der Waals surface area contributed by atoms with Crippen molar-refractivity contribution in [2.24, 2.45) is 5.73 Å². The molecule has 0 aliphatic heterocycles. The molecule has 2 amide bonds. The number of fused-ring (bicyclic) bond motifs is 1. The summed E-state index contributed by atoms with van der Waals surface area (Å²) >= 11 is 0. The number of amides is 2. The van der Waals surface area contributed by atoms with Gasteiger partial charge in [-0.15, -0.1) is 12.4 Å². The van der Waals surface area contributed by atoms with Crippen molar-refractivity contribution < 1.29 is 14.3 Å². The van der Waals surface area contributed by atoms with Crippen molar-refractivity contribution in [1.82, 2.24) is 9.88 Å². The molecule has 0 radical (unpaired) electrons. The highest BCUT2D eigenvalue weighted by Crippen LogP contribution is 2.21. The summed E-state index contributed by atoms with van der Waals surface area (Å²) in [7, 11) is 3.13. The molecule has 0 fully saturated rings. The molecule has 1 aromatic heterocycles. The van der Waals surface area contributed by atoms with Gasteiger partial charge in [0.1, 0.15) is 6.54 Å². The van der Waals surface area contributed by atoms with Gasteiger partial charge in [0, 0.05) is 32.6 Å². The standard InChI is InChI=1S/C16H22N4O3.ClH/c1-18-16(22)10-20-6-5-11-3-4-12(7-14(11)20)19-15(21)8-13(9-17)23-2;/h3-7,13H,8-10,17H2,1-2H3,(H,18,22)(H,19,21);1H. The summed E-state index contributed by atoms with van der Waals surface area (Å²) < 4.78 is 6.94. The summed E-state index contributed by atoms with van der Waals surface area (Å²) in [6.07, 6.45) is 1.75. The van der Waals surface area contributed by atoms with Gasteiger partial charge in [-0.1, -0.05) is 6.07 Å². The maximum absolute atomic E-state index is 12.0. The number of nitrogens with zero attached hydrogens (tertiary/aromatic N) is 1. The highest BCUT2D eigenvalue weighted by atomic mass is 35.5. The molecule has 1 aromatic carbocycles. The van der Waals surface area contributed by atoms with E-state index in [9.17, 15) is 9.59 Å². The van der Waals surface area contributed by atoms with Crippen molar-refractivity contribution >= 4 is 40.8 Å². The number of aromatic nitrogens is 1. The van der Waals surface area contributed by atoms with Crippen LogP contribution in [0, 0.1) is 0 Å². The third kappa shape index (κ3) is 4.95. The van der Waals surface area contributed by atoms with Gasteiger partial charge < -0.3 is 25.7 Å². The Labute approximate surface area is 146 Å². The molecule has 0 saturated carbocycles. The zero-order valence-electron chi connectivity index (χ0n) is 13.7. The van der Waals surface area contributed by atoms with Crippen LogP contribution in [0.25, 0.3) is 10.9 Å². The average molecular weight is 355 g/mol. The Balaban J connectivity index is 0.00000288. The van der Waals surface area contributed by atoms with E-state index in [1.54, 1.807) is 7.05 Å². The van der Waals surface area contributed by atoms with Crippen LogP contribution < -0.4 is 16.4 Å². The summed E-state index contributed by atoms with van der Waals surface area (Å²) in [6, 6.07) is 7.51. The molecule has 2 rings (SSSR count). The monoisotopic (exact) mass is 354 g/mol. The Hall–Kier alpha value is -2.09. The minimum Gasteiger partial charge on any atom is -0.380 e. The van der Waals surface area contributed by atoms with Gasteiger partial charge in [-0.25, -0.2) is 0 Å². The first-order valence-corrected chi connectivity index (χ1v) is 7.39. The molecule has 1 heterocycles. The number of anilines is 1. The fourth-order valence-corrected chi connectivity index (χ4v) is 2.32. The summed E-state index contributed by atoms with van der Waals surface area (Å²) in [5, 5.41) is 6.43. The first-order valence-electron chi connectivity index (χ1n) is 7.39. The van der Waals surface area contributed by atoms with Crippen molar-refractivity contribution in [3.63, 3.8) is 0 Å². The number of rotatable bonds is 7. The van der Waals surface area contributed by atoms with Crippen LogP contribution in [0.5, 0.6) is 0 Å². The van der Waals surface area contributed by atoms with Crippen LogP contribution in [-0.4, -0.2) is 43.2 Å². The second kappa shape index (κ2) is 9.27. The van der Waals surface area contributed by atoms with E-state index in [2.05, 4.69) is 10.6 Å². The van der Waals surface area contributed by atoms with Crippen LogP contribution in [0.2, 0.25) is 0 Å².